The first-order valence-corrected chi connectivity index (χ1v) is 12.3. The average molecular weight is 487 g/mol. The van der Waals surface area contributed by atoms with Crippen LogP contribution in [0.2, 0.25) is 0 Å². The Morgan fingerprint density at radius 2 is 1.76 bits per heavy atom. The van der Waals surface area contributed by atoms with Crippen molar-refractivity contribution >= 4 is 21.6 Å². The molecule has 1 aliphatic rings. The molecular weight excluding hydrogens is 460 g/mol. The van der Waals surface area contributed by atoms with Gasteiger partial charge in [-0.15, -0.1) is 0 Å². The molecule has 2 aromatic carbocycles. The molecule has 0 saturated carbocycles. The van der Waals surface area contributed by atoms with Crippen molar-refractivity contribution in [1.82, 2.24) is 4.31 Å². The van der Waals surface area contributed by atoms with Crippen LogP contribution in [0.5, 0.6) is 17.2 Å². The second-order valence-corrected chi connectivity index (χ2v) is 9.51. The Labute approximate surface area is 198 Å². The zero-order chi connectivity index (χ0) is 24.1. The van der Waals surface area contributed by atoms with Crippen molar-refractivity contribution in [2.45, 2.75) is 18.7 Å². The van der Waals surface area contributed by atoms with Gasteiger partial charge in [-0.1, -0.05) is 0 Å². The van der Waals surface area contributed by atoms with E-state index in [1.165, 1.54) is 28.8 Å². The van der Waals surface area contributed by atoms with Gasteiger partial charge in [-0.2, -0.15) is 4.31 Å². The number of morpholine rings is 1. The lowest BCUT2D eigenvalue weighted by atomic mass is 10.2. The molecule has 1 saturated heterocycles. The Morgan fingerprint density at radius 1 is 1.06 bits per heavy atom. The molecule has 0 atom stereocenters. The number of rotatable bonds is 8. The molecule has 1 fully saturated rings. The fourth-order valence-electron chi connectivity index (χ4n) is 3.47. The van der Waals surface area contributed by atoms with Gasteiger partial charge in [0.25, 0.3) is 5.91 Å². The van der Waals surface area contributed by atoms with Crippen LogP contribution in [0, 0.1) is 6.92 Å². The quantitative estimate of drug-likeness (QED) is 0.512. The van der Waals surface area contributed by atoms with Crippen molar-refractivity contribution in [3.05, 3.63) is 66.1 Å². The molecule has 0 radical (unpaired) electrons. The first-order chi connectivity index (χ1) is 16.4. The maximum Gasteiger partial charge on any atom is 0.291 e. The smallest absolute Gasteiger partial charge is 0.291 e. The number of ether oxygens (including phenoxy) is 3. The van der Waals surface area contributed by atoms with Crippen LogP contribution < -0.4 is 14.8 Å². The highest BCUT2D eigenvalue weighted by Crippen LogP contribution is 2.34. The van der Waals surface area contributed by atoms with Crippen molar-refractivity contribution < 1.29 is 31.8 Å². The number of sulfonamides is 1. The monoisotopic (exact) mass is 486 g/mol. The highest BCUT2D eigenvalue weighted by Gasteiger charge is 2.28. The highest BCUT2D eigenvalue weighted by atomic mass is 32.2. The van der Waals surface area contributed by atoms with E-state index in [0.717, 1.165) is 0 Å². The van der Waals surface area contributed by atoms with E-state index in [9.17, 15) is 13.2 Å². The van der Waals surface area contributed by atoms with E-state index in [0.29, 0.717) is 36.9 Å². The standard InChI is InChI=1S/C24H26N2O7S/c1-3-31-18-4-6-19(7-5-18)33-22-9-8-20(34(28,29)26-11-14-30-15-12-26)16-21(22)25-24(27)23-17(2)10-13-32-23/h4-10,13,16H,3,11-12,14-15H2,1-2H3,(H,25,27). The third kappa shape index (κ3) is 5.24. The molecule has 0 unspecified atom stereocenters. The van der Waals surface area contributed by atoms with Crippen LogP contribution in [0.15, 0.2) is 64.1 Å². The molecule has 1 amide bonds. The molecule has 34 heavy (non-hydrogen) atoms. The minimum atomic E-state index is -3.78. The van der Waals surface area contributed by atoms with Crippen molar-refractivity contribution in [2.24, 2.45) is 0 Å². The molecule has 1 aromatic heterocycles. The number of nitrogens with zero attached hydrogens (tertiary/aromatic N) is 1. The number of aryl methyl sites for hydroxylation is 1. The molecule has 3 aromatic rings. The molecule has 0 spiro atoms. The van der Waals surface area contributed by atoms with Gasteiger partial charge in [-0.05, 0) is 62.4 Å². The zero-order valence-electron chi connectivity index (χ0n) is 18.9. The van der Waals surface area contributed by atoms with Gasteiger partial charge in [-0.25, -0.2) is 8.42 Å². The van der Waals surface area contributed by atoms with Gasteiger partial charge in [0.2, 0.25) is 10.0 Å². The van der Waals surface area contributed by atoms with E-state index >= 15 is 0 Å². The minimum absolute atomic E-state index is 0.0416. The number of amides is 1. The van der Waals surface area contributed by atoms with Crippen LogP contribution in [0.25, 0.3) is 0 Å². The van der Waals surface area contributed by atoms with Gasteiger partial charge in [0.05, 0.1) is 36.7 Å². The van der Waals surface area contributed by atoms with Crippen molar-refractivity contribution in [3.8, 4) is 17.2 Å². The molecule has 180 valence electrons. The number of carbonyl (C=O) groups excluding carboxylic acids is 1. The van der Waals surface area contributed by atoms with Gasteiger partial charge in [0.1, 0.15) is 11.5 Å². The maximum atomic E-state index is 13.2. The summed E-state index contributed by atoms with van der Waals surface area (Å²) in [5, 5.41) is 2.73. The first kappa shape index (κ1) is 23.8. The highest BCUT2D eigenvalue weighted by molar-refractivity contribution is 7.89. The SMILES string of the molecule is CCOc1ccc(Oc2ccc(S(=O)(=O)N3CCOCC3)cc2NC(=O)c2occc2C)cc1. The van der Waals surface area contributed by atoms with Gasteiger partial charge in [0.15, 0.2) is 11.5 Å². The summed E-state index contributed by atoms with van der Waals surface area (Å²) in [6, 6.07) is 13.0. The summed E-state index contributed by atoms with van der Waals surface area (Å²) < 4.78 is 49.7. The van der Waals surface area contributed by atoms with Crippen molar-refractivity contribution in [3.63, 3.8) is 0 Å². The topological polar surface area (TPSA) is 107 Å². The number of hydrogen-bond donors (Lipinski definition) is 1. The predicted octanol–water partition coefficient (Wildman–Crippen LogP) is 4.05. The van der Waals surface area contributed by atoms with Crippen LogP contribution in [-0.2, 0) is 14.8 Å². The Hall–Kier alpha value is -3.34. The van der Waals surface area contributed by atoms with Crippen LogP contribution in [0.3, 0.4) is 0 Å². The molecule has 10 heteroatoms. The Bertz CT molecular complexity index is 1250. The van der Waals surface area contributed by atoms with E-state index in [1.54, 1.807) is 37.3 Å². The number of furan rings is 1. The predicted molar refractivity (Wildman–Crippen MR) is 125 cm³/mol. The maximum absolute atomic E-state index is 13.2. The Balaban J connectivity index is 1.66. The lowest BCUT2D eigenvalue weighted by Crippen LogP contribution is -2.40. The summed E-state index contributed by atoms with van der Waals surface area (Å²) in [5.41, 5.74) is 0.854. The Morgan fingerprint density at radius 3 is 2.41 bits per heavy atom. The second kappa shape index (κ2) is 10.3. The molecule has 2 heterocycles. The van der Waals surface area contributed by atoms with E-state index in [4.69, 9.17) is 18.6 Å². The van der Waals surface area contributed by atoms with Crippen LogP contribution >= 0.6 is 0 Å². The molecule has 1 N–H and O–H groups in total. The average Bonchev–Trinajstić information content (AvgIpc) is 3.28. The fraction of sp³-hybridized carbons (Fsp3) is 0.292. The summed E-state index contributed by atoms with van der Waals surface area (Å²) in [6.45, 7) is 5.38. The van der Waals surface area contributed by atoms with E-state index in [1.807, 2.05) is 6.92 Å². The van der Waals surface area contributed by atoms with Gasteiger partial charge < -0.3 is 23.9 Å². The summed E-state index contributed by atoms with van der Waals surface area (Å²) in [4.78, 5) is 12.9. The zero-order valence-corrected chi connectivity index (χ0v) is 19.8. The number of nitrogens with one attached hydrogen (secondary N) is 1. The fourth-order valence-corrected chi connectivity index (χ4v) is 4.91. The lowest BCUT2D eigenvalue weighted by Gasteiger charge is -2.26. The van der Waals surface area contributed by atoms with E-state index < -0.39 is 15.9 Å². The molecule has 1 aliphatic heterocycles. The first-order valence-electron chi connectivity index (χ1n) is 10.9. The third-order valence-corrected chi connectivity index (χ3v) is 7.13. The summed E-state index contributed by atoms with van der Waals surface area (Å²) in [7, 11) is -3.78. The second-order valence-electron chi connectivity index (χ2n) is 7.57. The summed E-state index contributed by atoms with van der Waals surface area (Å²) in [5.74, 6) is 1.09. The van der Waals surface area contributed by atoms with Crippen LogP contribution in [-0.4, -0.2) is 51.5 Å². The molecule has 9 nitrogen and oxygen atoms in total. The van der Waals surface area contributed by atoms with Crippen molar-refractivity contribution in [2.75, 3.05) is 38.2 Å². The minimum Gasteiger partial charge on any atom is -0.494 e. The summed E-state index contributed by atoms with van der Waals surface area (Å²) in [6.07, 6.45) is 1.42. The molecule has 4 rings (SSSR count). The Kier molecular flexibility index (Phi) is 7.20. The van der Waals surface area contributed by atoms with Crippen LogP contribution in [0.4, 0.5) is 5.69 Å². The normalized spacial score (nSPS) is 14.5. The van der Waals surface area contributed by atoms with Crippen molar-refractivity contribution in [1.29, 1.82) is 0 Å². The van der Waals surface area contributed by atoms with Gasteiger partial charge in [0, 0.05) is 18.7 Å². The van der Waals surface area contributed by atoms with Gasteiger partial charge >= 0.3 is 0 Å². The van der Waals surface area contributed by atoms with Crippen LogP contribution in [0.1, 0.15) is 23.0 Å². The summed E-state index contributed by atoms with van der Waals surface area (Å²) >= 11 is 0. The number of hydrogen-bond acceptors (Lipinski definition) is 7. The van der Waals surface area contributed by atoms with E-state index in [-0.39, 0.29) is 35.2 Å². The number of anilines is 1. The molecular formula is C24H26N2O7S. The third-order valence-electron chi connectivity index (χ3n) is 5.24. The molecule has 0 aliphatic carbocycles. The largest absolute Gasteiger partial charge is 0.494 e. The molecule has 0 bridgehead atoms. The number of benzene rings is 2. The van der Waals surface area contributed by atoms with E-state index in [2.05, 4.69) is 5.32 Å². The lowest BCUT2D eigenvalue weighted by molar-refractivity contribution is 0.0730. The number of carbonyl (C=O) groups is 1. The van der Waals surface area contributed by atoms with Gasteiger partial charge in [-0.3, -0.25) is 4.79 Å².